The second kappa shape index (κ2) is 4.49. The maximum Gasteiger partial charge on any atom is 0.134 e. The van der Waals surface area contributed by atoms with E-state index in [9.17, 15) is 0 Å². The molecular weight excluding hydrogens is 216 g/mol. The number of piperidine rings is 1. The first kappa shape index (κ1) is 12.1. The van der Waals surface area contributed by atoms with E-state index in [4.69, 9.17) is 10.5 Å². The molecule has 5 nitrogen and oxygen atoms in total. The third-order valence-corrected chi connectivity index (χ3v) is 3.32. The highest BCUT2D eigenvalue weighted by molar-refractivity contribution is 5.47. The number of rotatable bonds is 2. The summed E-state index contributed by atoms with van der Waals surface area (Å²) in [4.78, 5) is 10.8. The Bertz CT molecular complexity index is 389. The molecule has 0 radical (unpaired) electrons. The van der Waals surface area contributed by atoms with E-state index in [1.54, 1.807) is 7.11 Å². The lowest BCUT2D eigenvalue weighted by molar-refractivity contribution is -0.00482. The third kappa shape index (κ3) is 2.66. The monoisotopic (exact) mass is 236 g/mol. The van der Waals surface area contributed by atoms with Crippen molar-refractivity contribution in [3.05, 3.63) is 11.9 Å². The van der Waals surface area contributed by atoms with Crippen LogP contribution in [0.5, 0.6) is 0 Å². The lowest BCUT2D eigenvalue weighted by atomic mass is 9.95. The molecule has 0 aliphatic carbocycles. The fraction of sp³-hybridized carbons (Fsp3) is 0.667. The summed E-state index contributed by atoms with van der Waals surface area (Å²) >= 11 is 0. The number of aromatic nitrogens is 2. The molecule has 5 heteroatoms. The van der Waals surface area contributed by atoms with Crippen LogP contribution < -0.4 is 10.6 Å². The summed E-state index contributed by atoms with van der Waals surface area (Å²) in [6, 6.07) is 1.83. The number of hydrogen-bond donors (Lipinski definition) is 1. The summed E-state index contributed by atoms with van der Waals surface area (Å²) < 4.78 is 5.57. The van der Waals surface area contributed by atoms with Crippen molar-refractivity contribution in [2.75, 3.05) is 30.8 Å². The number of nitrogens with zero attached hydrogens (tertiary/aromatic N) is 3. The van der Waals surface area contributed by atoms with Crippen LogP contribution in [0.15, 0.2) is 6.07 Å². The average molecular weight is 236 g/mol. The molecule has 1 fully saturated rings. The van der Waals surface area contributed by atoms with Crippen molar-refractivity contribution < 1.29 is 4.74 Å². The largest absolute Gasteiger partial charge is 0.384 e. The molecule has 94 valence electrons. The number of anilines is 2. The highest BCUT2D eigenvalue weighted by Crippen LogP contribution is 2.27. The summed E-state index contributed by atoms with van der Waals surface area (Å²) in [6.45, 7) is 5.84. The minimum Gasteiger partial charge on any atom is -0.384 e. The van der Waals surface area contributed by atoms with Gasteiger partial charge >= 0.3 is 0 Å². The molecule has 2 N–H and O–H groups in total. The van der Waals surface area contributed by atoms with Crippen LogP contribution in [0.4, 0.5) is 11.6 Å². The summed E-state index contributed by atoms with van der Waals surface area (Å²) in [6.07, 6.45) is 2.19. The van der Waals surface area contributed by atoms with Crippen molar-refractivity contribution >= 4 is 11.6 Å². The minimum absolute atomic E-state index is 0.0914. The first-order chi connectivity index (χ1) is 8.02. The molecule has 0 aromatic carbocycles. The molecule has 2 heterocycles. The molecule has 1 aromatic rings. The zero-order valence-electron chi connectivity index (χ0n) is 10.7. The Labute approximate surface area is 102 Å². The van der Waals surface area contributed by atoms with E-state index >= 15 is 0 Å². The van der Waals surface area contributed by atoms with Crippen LogP contribution in [-0.2, 0) is 4.74 Å². The Balaban J connectivity index is 2.21. The zero-order chi connectivity index (χ0) is 12.5. The summed E-state index contributed by atoms with van der Waals surface area (Å²) in [7, 11) is 1.77. The number of methoxy groups -OCH3 is 1. The number of nitrogens with two attached hydrogens (primary N) is 1. The molecule has 1 aliphatic heterocycles. The van der Waals surface area contributed by atoms with Gasteiger partial charge in [-0.2, -0.15) is 0 Å². The predicted molar refractivity (Wildman–Crippen MR) is 68.0 cm³/mol. The van der Waals surface area contributed by atoms with E-state index in [2.05, 4.69) is 21.8 Å². The molecule has 1 aromatic heterocycles. The first-order valence-corrected chi connectivity index (χ1v) is 5.94. The van der Waals surface area contributed by atoms with Crippen LogP contribution >= 0.6 is 0 Å². The standard InChI is InChI=1S/C12H20N4O/c1-9-14-10(13)7-11(15-9)16-6-4-5-12(2,8-16)17-3/h7H,4-6,8H2,1-3H3,(H2,13,14,15). The highest BCUT2D eigenvalue weighted by atomic mass is 16.5. The average Bonchev–Trinajstić information content (AvgIpc) is 2.28. The minimum atomic E-state index is -0.0914. The molecule has 1 aliphatic rings. The van der Waals surface area contributed by atoms with Gasteiger partial charge in [0.1, 0.15) is 17.5 Å². The van der Waals surface area contributed by atoms with Crippen molar-refractivity contribution in [2.24, 2.45) is 0 Å². The maximum absolute atomic E-state index is 5.76. The number of hydrogen-bond acceptors (Lipinski definition) is 5. The lowest BCUT2D eigenvalue weighted by Gasteiger charge is -2.40. The Morgan fingerprint density at radius 1 is 1.47 bits per heavy atom. The Kier molecular flexibility index (Phi) is 3.19. The van der Waals surface area contributed by atoms with Gasteiger partial charge in [-0.15, -0.1) is 0 Å². The van der Waals surface area contributed by atoms with E-state index in [-0.39, 0.29) is 5.60 Å². The van der Waals surface area contributed by atoms with Gasteiger partial charge in [-0.1, -0.05) is 0 Å². The fourth-order valence-electron chi connectivity index (χ4n) is 2.30. The molecule has 0 spiro atoms. The van der Waals surface area contributed by atoms with Gasteiger partial charge in [0, 0.05) is 26.3 Å². The second-order valence-corrected chi connectivity index (χ2v) is 4.88. The van der Waals surface area contributed by atoms with E-state index in [1.165, 1.54) is 0 Å². The van der Waals surface area contributed by atoms with Crippen LogP contribution in [0.2, 0.25) is 0 Å². The van der Waals surface area contributed by atoms with Crippen molar-refractivity contribution in [2.45, 2.75) is 32.3 Å². The third-order valence-electron chi connectivity index (χ3n) is 3.32. The molecule has 1 atom stereocenters. The molecule has 0 amide bonds. The maximum atomic E-state index is 5.76. The number of nitrogen functional groups attached to an aromatic ring is 1. The molecule has 1 saturated heterocycles. The highest BCUT2D eigenvalue weighted by Gasteiger charge is 2.31. The quantitative estimate of drug-likeness (QED) is 0.840. The molecule has 0 bridgehead atoms. The van der Waals surface area contributed by atoms with Gasteiger partial charge in [0.05, 0.1) is 5.60 Å². The first-order valence-electron chi connectivity index (χ1n) is 5.94. The summed E-state index contributed by atoms with van der Waals surface area (Å²) in [5, 5.41) is 0. The second-order valence-electron chi connectivity index (χ2n) is 4.88. The van der Waals surface area contributed by atoms with Crippen molar-refractivity contribution in [1.29, 1.82) is 0 Å². The number of ether oxygens (including phenoxy) is 1. The molecule has 1 unspecified atom stereocenters. The molecule has 17 heavy (non-hydrogen) atoms. The zero-order valence-corrected chi connectivity index (χ0v) is 10.7. The Morgan fingerprint density at radius 3 is 2.88 bits per heavy atom. The van der Waals surface area contributed by atoms with E-state index in [0.717, 1.165) is 31.7 Å². The van der Waals surface area contributed by atoms with E-state index in [0.29, 0.717) is 11.6 Å². The SMILES string of the molecule is COC1(C)CCCN(c2cc(N)nc(C)n2)C1. The van der Waals surface area contributed by atoms with Gasteiger partial charge in [-0.3, -0.25) is 0 Å². The van der Waals surface area contributed by atoms with Gasteiger partial charge in [0.2, 0.25) is 0 Å². The van der Waals surface area contributed by atoms with Crippen molar-refractivity contribution in [1.82, 2.24) is 9.97 Å². The van der Waals surface area contributed by atoms with Crippen LogP contribution in [-0.4, -0.2) is 35.8 Å². The van der Waals surface area contributed by atoms with Gasteiger partial charge in [0.15, 0.2) is 0 Å². The summed E-state index contributed by atoms with van der Waals surface area (Å²) in [5.41, 5.74) is 5.67. The van der Waals surface area contributed by atoms with Crippen molar-refractivity contribution in [3.8, 4) is 0 Å². The van der Waals surface area contributed by atoms with Crippen LogP contribution in [0, 0.1) is 6.92 Å². The van der Waals surface area contributed by atoms with E-state index in [1.807, 2.05) is 13.0 Å². The van der Waals surface area contributed by atoms with E-state index < -0.39 is 0 Å². The normalized spacial score (nSPS) is 25.0. The smallest absolute Gasteiger partial charge is 0.134 e. The van der Waals surface area contributed by atoms with Gasteiger partial charge in [0.25, 0.3) is 0 Å². The summed E-state index contributed by atoms with van der Waals surface area (Å²) in [5.74, 6) is 2.14. The van der Waals surface area contributed by atoms with Gasteiger partial charge < -0.3 is 15.4 Å². The lowest BCUT2D eigenvalue weighted by Crippen LogP contribution is -2.47. The molecule has 2 rings (SSSR count). The molecular formula is C12H20N4O. The topological polar surface area (TPSA) is 64.3 Å². The van der Waals surface area contributed by atoms with Crippen LogP contribution in [0.3, 0.4) is 0 Å². The Hall–Kier alpha value is -1.36. The predicted octanol–water partition coefficient (Wildman–Crippen LogP) is 1.37. The Morgan fingerprint density at radius 2 is 2.24 bits per heavy atom. The van der Waals surface area contributed by atoms with Gasteiger partial charge in [-0.05, 0) is 26.7 Å². The van der Waals surface area contributed by atoms with Crippen LogP contribution in [0.1, 0.15) is 25.6 Å². The molecule has 0 saturated carbocycles. The van der Waals surface area contributed by atoms with Crippen LogP contribution in [0.25, 0.3) is 0 Å². The fourth-order valence-corrected chi connectivity index (χ4v) is 2.30. The van der Waals surface area contributed by atoms with Gasteiger partial charge in [-0.25, -0.2) is 9.97 Å². The number of aryl methyl sites for hydroxylation is 1. The van der Waals surface area contributed by atoms with Crippen molar-refractivity contribution in [3.63, 3.8) is 0 Å².